The molecular formula is C12H9IN2O2S. The van der Waals surface area contributed by atoms with Crippen LogP contribution in [0.1, 0.15) is 10.6 Å². The molecule has 0 atom stereocenters. The van der Waals surface area contributed by atoms with Gasteiger partial charge in [-0.15, -0.1) is 0 Å². The van der Waals surface area contributed by atoms with E-state index in [1.54, 1.807) is 12.1 Å². The molecule has 0 fully saturated rings. The molecule has 0 saturated heterocycles. The standard InChI is InChI=1S/C12H9IN2O2S/c13-8-3-5-9(6-4-8)14-12(18)15-11(16)10-2-1-7-17-10/h1-7H,(H2,14,15,16,18). The van der Waals surface area contributed by atoms with E-state index in [1.165, 1.54) is 6.26 Å². The van der Waals surface area contributed by atoms with E-state index in [9.17, 15) is 4.79 Å². The minimum Gasteiger partial charge on any atom is -0.459 e. The van der Waals surface area contributed by atoms with Crippen molar-refractivity contribution in [3.63, 3.8) is 0 Å². The third-order valence-corrected chi connectivity index (χ3v) is 3.00. The van der Waals surface area contributed by atoms with Crippen molar-refractivity contribution in [1.82, 2.24) is 5.32 Å². The average Bonchev–Trinajstić information content (AvgIpc) is 2.85. The quantitative estimate of drug-likeness (QED) is 0.629. The zero-order valence-electron chi connectivity index (χ0n) is 9.14. The Balaban J connectivity index is 1.93. The van der Waals surface area contributed by atoms with E-state index in [-0.39, 0.29) is 16.8 Å². The first kappa shape index (κ1) is 13.0. The van der Waals surface area contributed by atoms with Crippen LogP contribution in [-0.2, 0) is 0 Å². The SMILES string of the molecule is O=C(NC(=S)Nc1ccc(I)cc1)c1ccco1. The first-order valence-corrected chi connectivity index (χ1v) is 6.55. The van der Waals surface area contributed by atoms with Crippen LogP contribution in [0.4, 0.5) is 5.69 Å². The molecule has 1 aromatic heterocycles. The van der Waals surface area contributed by atoms with Crippen LogP contribution in [0.15, 0.2) is 47.1 Å². The summed E-state index contributed by atoms with van der Waals surface area (Å²) < 4.78 is 6.09. The summed E-state index contributed by atoms with van der Waals surface area (Å²) in [6.07, 6.45) is 1.44. The van der Waals surface area contributed by atoms with Crippen molar-refractivity contribution in [2.45, 2.75) is 0 Å². The van der Waals surface area contributed by atoms with Crippen LogP contribution >= 0.6 is 34.8 Å². The van der Waals surface area contributed by atoms with Gasteiger partial charge in [-0.05, 0) is 71.2 Å². The summed E-state index contributed by atoms with van der Waals surface area (Å²) in [6.45, 7) is 0. The van der Waals surface area contributed by atoms with Crippen LogP contribution in [-0.4, -0.2) is 11.0 Å². The van der Waals surface area contributed by atoms with Gasteiger partial charge in [-0.2, -0.15) is 0 Å². The monoisotopic (exact) mass is 372 g/mol. The Morgan fingerprint density at radius 2 is 1.94 bits per heavy atom. The van der Waals surface area contributed by atoms with Gasteiger partial charge in [0.15, 0.2) is 10.9 Å². The fraction of sp³-hybridized carbons (Fsp3) is 0. The molecular weight excluding hydrogens is 363 g/mol. The molecule has 1 heterocycles. The summed E-state index contributed by atoms with van der Waals surface area (Å²) in [5, 5.41) is 5.68. The summed E-state index contributed by atoms with van der Waals surface area (Å²) in [5.41, 5.74) is 0.820. The van der Waals surface area contributed by atoms with Gasteiger partial charge in [0, 0.05) is 9.26 Å². The lowest BCUT2D eigenvalue weighted by atomic mass is 10.3. The van der Waals surface area contributed by atoms with Gasteiger partial charge in [-0.3, -0.25) is 10.1 Å². The van der Waals surface area contributed by atoms with Crippen molar-refractivity contribution in [2.75, 3.05) is 5.32 Å². The van der Waals surface area contributed by atoms with Crippen molar-refractivity contribution in [3.8, 4) is 0 Å². The number of thiocarbonyl (C=S) groups is 1. The molecule has 1 aromatic carbocycles. The van der Waals surface area contributed by atoms with Gasteiger partial charge in [0.1, 0.15) is 0 Å². The number of hydrogen-bond acceptors (Lipinski definition) is 3. The third kappa shape index (κ3) is 3.54. The van der Waals surface area contributed by atoms with E-state index in [4.69, 9.17) is 16.6 Å². The highest BCUT2D eigenvalue weighted by Crippen LogP contribution is 2.11. The summed E-state index contributed by atoms with van der Waals surface area (Å²) in [5.74, 6) is -0.148. The number of furan rings is 1. The zero-order valence-corrected chi connectivity index (χ0v) is 12.1. The molecule has 0 aliphatic carbocycles. The molecule has 18 heavy (non-hydrogen) atoms. The van der Waals surface area contributed by atoms with Gasteiger partial charge in [-0.25, -0.2) is 0 Å². The fourth-order valence-electron chi connectivity index (χ4n) is 1.27. The Morgan fingerprint density at radius 1 is 1.22 bits per heavy atom. The highest BCUT2D eigenvalue weighted by Gasteiger charge is 2.09. The Labute approximate surface area is 123 Å². The number of benzene rings is 1. The summed E-state index contributed by atoms with van der Waals surface area (Å²) in [6, 6.07) is 10.9. The largest absolute Gasteiger partial charge is 0.459 e. The maximum Gasteiger partial charge on any atom is 0.293 e. The number of amides is 1. The molecule has 0 unspecified atom stereocenters. The van der Waals surface area contributed by atoms with Gasteiger partial charge >= 0.3 is 0 Å². The predicted molar refractivity (Wildman–Crippen MR) is 81.6 cm³/mol. The number of carbonyl (C=O) groups is 1. The second kappa shape index (κ2) is 5.96. The molecule has 92 valence electrons. The van der Waals surface area contributed by atoms with Crippen LogP contribution in [0.25, 0.3) is 0 Å². The van der Waals surface area contributed by atoms with Crippen molar-refractivity contribution in [2.24, 2.45) is 0 Å². The van der Waals surface area contributed by atoms with E-state index in [0.717, 1.165) is 9.26 Å². The van der Waals surface area contributed by atoms with Gasteiger partial charge in [0.2, 0.25) is 0 Å². The van der Waals surface area contributed by atoms with Crippen molar-refractivity contribution < 1.29 is 9.21 Å². The molecule has 6 heteroatoms. The smallest absolute Gasteiger partial charge is 0.293 e. The zero-order chi connectivity index (χ0) is 13.0. The van der Waals surface area contributed by atoms with Gasteiger partial charge in [-0.1, -0.05) is 0 Å². The number of hydrogen-bond donors (Lipinski definition) is 2. The Morgan fingerprint density at radius 3 is 2.56 bits per heavy atom. The lowest BCUT2D eigenvalue weighted by Crippen LogP contribution is -2.33. The third-order valence-electron chi connectivity index (χ3n) is 2.07. The topological polar surface area (TPSA) is 54.3 Å². The van der Waals surface area contributed by atoms with Crippen LogP contribution in [0.2, 0.25) is 0 Å². The molecule has 2 N–H and O–H groups in total. The molecule has 0 aliphatic heterocycles. The summed E-state index contributed by atoms with van der Waals surface area (Å²) in [7, 11) is 0. The number of anilines is 1. The van der Waals surface area contributed by atoms with Crippen molar-refractivity contribution >= 4 is 51.5 Å². The molecule has 0 spiro atoms. The number of nitrogens with one attached hydrogen (secondary N) is 2. The molecule has 0 bridgehead atoms. The highest BCUT2D eigenvalue weighted by atomic mass is 127. The Hall–Kier alpha value is -1.41. The number of halogens is 1. The number of rotatable bonds is 2. The van der Waals surface area contributed by atoms with Gasteiger partial charge in [0.05, 0.1) is 6.26 Å². The van der Waals surface area contributed by atoms with E-state index >= 15 is 0 Å². The van der Waals surface area contributed by atoms with E-state index in [2.05, 4.69) is 33.2 Å². The van der Waals surface area contributed by atoms with Crippen LogP contribution < -0.4 is 10.6 Å². The Bertz CT molecular complexity index is 552. The molecule has 1 amide bonds. The maximum atomic E-state index is 11.6. The minimum absolute atomic E-state index is 0.224. The Kier molecular flexibility index (Phi) is 4.32. The normalized spacial score (nSPS) is 9.83. The molecule has 0 saturated carbocycles. The van der Waals surface area contributed by atoms with Crippen molar-refractivity contribution in [3.05, 3.63) is 52.0 Å². The van der Waals surface area contributed by atoms with Crippen LogP contribution in [0, 0.1) is 3.57 Å². The van der Waals surface area contributed by atoms with Crippen LogP contribution in [0.3, 0.4) is 0 Å². The molecule has 0 radical (unpaired) electrons. The van der Waals surface area contributed by atoms with Gasteiger partial charge < -0.3 is 9.73 Å². The molecule has 2 rings (SSSR count). The van der Waals surface area contributed by atoms with Crippen LogP contribution in [0.5, 0.6) is 0 Å². The second-order valence-electron chi connectivity index (χ2n) is 3.39. The van der Waals surface area contributed by atoms with Gasteiger partial charge in [0.25, 0.3) is 5.91 Å². The summed E-state index contributed by atoms with van der Waals surface area (Å²) in [4.78, 5) is 11.6. The number of carbonyl (C=O) groups excluding carboxylic acids is 1. The van der Waals surface area contributed by atoms with Crippen molar-refractivity contribution in [1.29, 1.82) is 0 Å². The van der Waals surface area contributed by atoms with E-state index in [0.29, 0.717) is 0 Å². The fourth-order valence-corrected chi connectivity index (χ4v) is 1.84. The molecule has 4 nitrogen and oxygen atoms in total. The van der Waals surface area contributed by atoms with E-state index in [1.807, 2.05) is 24.3 Å². The minimum atomic E-state index is -0.372. The average molecular weight is 372 g/mol. The van der Waals surface area contributed by atoms with E-state index < -0.39 is 0 Å². The first-order chi connectivity index (χ1) is 8.65. The molecule has 2 aromatic rings. The summed E-state index contributed by atoms with van der Waals surface area (Å²) >= 11 is 7.25. The highest BCUT2D eigenvalue weighted by molar-refractivity contribution is 14.1. The second-order valence-corrected chi connectivity index (χ2v) is 5.05. The predicted octanol–water partition coefficient (Wildman–Crippen LogP) is 3.01. The maximum absolute atomic E-state index is 11.6. The molecule has 0 aliphatic rings. The lowest BCUT2D eigenvalue weighted by molar-refractivity contribution is 0.0950. The lowest BCUT2D eigenvalue weighted by Gasteiger charge is -2.08. The first-order valence-electron chi connectivity index (χ1n) is 5.06.